The zero-order chi connectivity index (χ0) is 35.2. The molecule has 4 atom stereocenters. The van der Waals surface area contributed by atoms with Gasteiger partial charge in [0.1, 0.15) is 30.3 Å². The van der Waals surface area contributed by atoms with Gasteiger partial charge in [-0.1, -0.05) is 92.2 Å². The van der Waals surface area contributed by atoms with Crippen LogP contribution in [0.5, 0.6) is 11.5 Å². The van der Waals surface area contributed by atoms with Gasteiger partial charge in [0.15, 0.2) is 11.6 Å². The minimum absolute atomic E-state index is 0.133. The molecule has 3 aromatic carbocycles. The number of aliphatic hydroxyl groups excluding tert-OH is 2. The Bertz CT molecular complexity index is 1640. The lowest BCUT2D eigenvalue weighted by atomic mass is 9.86. The molecule has 8 nitrogen and oxygen atoms in total. The molecule has 0 aliphatic carbocycles. The average Bonchev–Trinajstić information content (AvgIpc) is 3.84. The highest BCUT2D eigenvalue weighted by molar-refractivity contribution is 6.12. The zero-order valence-electron chi connectivity index (χ0n) is 29.5. The molecule has 0 radical (unpaired) electrons. The molecule has 2 aliphatic rings. The minimum Gasteiger partial charge on any atom is -0.488 e. The van der Waals surface area contributed by atoms with Gasteiger partial charge in [-0.3, -0.25) is 4.79 Å². The first kappa shape index (κ1) is 36.5. The lowest BCUT2D eigenvalue weighted by molar-refractivity contribution is -0.303. The van der Waals surface area contributed by atoms with Crippen LogP contribution in [0.3, 0.4) is 0 Å². The number of carbonyl (C=O) groups is 1. The monoisotopic (exact) mass is 670 g/mol. The summed E-state index contributed by atoms with van der Waals surface area (Å²) in [6.07, 6.45) is 4.22. The van der Waals surface area contributed by atoms with Crippen molar-refractivity contribution in [3.63, 3.8) is 0 Å². The maximum atomic E-state index is 14.9. The van der Waals surface area contributed by atoms with Crippen LogP contribution in [0.2, 0.25) is 0 Å². The van der Waals surface area contributed by atoms with Gasteiger partial charge in [-0.05, 0) is 57.7 Å². The highest BCUT2D eigenvalue weighted by Crippen LogP contribution is 2.49. The molecule has 0 amide bonds. The summed E-state index contributed by atoms with van der Waals surface area (Å²) in [5, 5.41) is 21.3. The summed E-state index contributed by atoms with van der Waals surface area (Å²) in [6, 6.07) is 21.3. The van der Waals surface area contributed by atoms with Crippen molar-refractivity contribution >= 4 is 11.9 Å². The molecule has 2 heterocycles. The first-order chi connectivity index (χ1) is 23.6. The van der Waals surface area contributed by atoms with Crippen molar-refractivity contribution in [3.05, 3.63) is 112 Å². The molecule has 2 saturated heterocycles. The summed E-state index contributed by atoms with van der Waals surface area (Å²) in [5.41, 5.74) is 3.85. The standard InChI is InChI=1S/C41H50O8/c1-7-15-31(34-22-36(48-40(5,6)47-34)41(26-43)35(8-2)49-41)37(44)32-21-30(20-27(3)4)38(45-24-28-16-11-9-12-17-28)33(23-42)39(32)46-25-29-18-13-10-14-19-29/h9-21,34-36,42-43H,7-8,22-26H2,1-6H3/b31-15-/t34-,35-,36-,41-/m1/s1. The Morgan fingerprint density at radius 3 is 2.02 bits per heavy atom. The number of rotatable bonds is 15. The van der Waals surface area contributed by atoms with Crippen molar-refractivity contribution in [2.75, 3.05) is 6.61 Å². The van der Waals surface area contributed by atoms with E-state index in [1.807, 2.05) is 114 Å². The number of ether oxygens (including phenoxy) is 5. The predicted octanol–water partition coefficient (Wildman–Crippen LogP) is 7.73. The minimum atomic E-state index is -1.04. The number of carbonyl (C=O) groups excluding carboxylic acids is 1. The van der Waals surface area contributed by atoms with E-state index in [0.717, 1.165) is 23.1 Å². The van der Waals surface area contributed by atoms with E-state index in [4.69, 9.17) is 23.7 Å². The van der Waals surface area contributed by atoms with Crippen LogP contribution in [0.15, 0.2) is 84.0 Å². The molecule has 0 aromatic heterocycles. The number of Topliss-reactive ketones (excluding diaryl/α,β-unsaturated/α-hetero) is 1. The molecular formula is C41H50O8. The largest absolute Gasteiger partial charge is 0.488 e. The third-order valence-corrected chi connectivity index (χ3v) is 8.98. The normalized spacial score (nSPS) is 23.1. The highest BCUT2D eigenvalue weighted by Gasteiger charge is 2.63. The van der Waals surface area contributed by atoms with E-state index in [0.29, 0.717) is 40.9 Å². The number of ketones is 1. The second-order valence-corrected chi connectivity index (χ2v) is 13.5. The Kier molecular flexibility index (Phi) is 11.8. The van der Waals surface area contributed by atoms with Crippen LogP contribution in [0.4, 0.5) is 0 Å². The van der Waals surface area contributed by atoms with Gasteiger partial charge in [0.25, 0.3) is 0 Å². The molecule has 49 heavy (non-hydrogen) atoms. The number of allylic oxidation sites excluding steroid dienone is 2. The van der Waals surface area contributed by atoms with Gasteiger partial charge >= 0.3 is 0 Å². The second kappa shape index (κ2) is 15.8. The summed E-state index contributed by atoms with van der Waals surface area (Å²) in [6.45, 7) is 11.4. The van der Waals surface area contributed by atoms with E-state index >= 15 is 0 Å². The predicted molar refractivity (Wildman–Crippen MR) is 189 cm³/mol. The number of hydrogen-bond donors (Lipinski definition) is 2. The maximum absolute atomic E-state index is 14.9. The Morgan fingerprint density at radius 1 is 0.898 bits per heavy atom. The molecule has 2 aliphatic heterocycles. The number of hydrogen-bond acceptors (Lipinski definition) is 8. The van der Waals surface area contributed by atoms with E-state index in [9.17, 15) is 15.0 Å². The third-order valence-electron chi connectivity index (χ3n) is 8.98. The van der Waals surface area contributed by atoms with Crippen molar-refractivity contribution in [1.82, 2.24) is 0 Å². The first-order valence-electron chi connectivity index (χ1n) is 17.2. The van der Waals surface area contributed by atoms with Gasteiger partial charge in [0.2, 0.25) is 0 Å². The highest BCUT2D eigenvalue weighted by atomic mass is 16.7. The summed E-state index contributed by atoms with van der Waals surface area (Å²) >= 11 is 0. The van der Waals surface area contributed by atoms with Crippen LogP contribution in [-0.2, 0) is 34.0 Å². The quantitative estimate of drug-likeness (QED) is 0.0962. The molecule has 0 saturated carbocycles. The molecule has 2 fully saturated rings. The van der Waals surface area contributed by atoms with Crippen molar-refractivity contribution < 1.29 is 38.7 Å². The zero-order valence-corrected chi connectivity index (χ0v) is 29.5. The molecule has 0 bridgehead atoms. The Balaban J connectivity index is 1.61. The van der Waals surface area contributed by atoms with Gasteiger partial charge in [-0.25, -0.2) is 0 Å². The second-order valence-electron chi connectivity index (χ2n) is 13.5. The molecule has 5 rings (SSSR count). The van der Waals surface area contributed by atoms with Crippen LogP contribution in [-0.4, -0.2) is 52.3 Å². The topological polar surface area (TPSA) is 107 Å². The van der Waals surface area contributed by atoms with Crippen molar-refractivity contribution in [2.45, 2.75) is 110 Å². The van der Waals surface area contributed by atoms with Crippen LogP contribution >= 0.6 is 0 Å². The summed E-state index contributed by atoms with van der Waals surface area (Å²) in [5.74, 6) is -0.601. The van der Waals surface area contributed by atoms with Crippen molar-refractivity contribution in [3.8, 4) is 11.5 Å². The fourth-order valence-corrected chi connectivity index (χ4v) is 6.67. The van der Waals surface area contributed by atoms with E-state index in [-0.39, 0.29) is 37.5 Å². The van der Waals surface area contributed by atoms with Gasteiger partial charge < -0.3 is 33.9 Å². The molecule has 0 unspecified atom stereocenters. The first-order valence-corrected chi connectivity index (χ1v) is 17.2. The van der Waals surface area contributed by atoms with Crippen LogP contribution in [0.1, 0.15) is 93.4 Å². The van der Waals surface area contributed by atoms with Gasteiger partial charge in [0, 0.05) is 17.6 Å². The van der Waals surface area contributed by atoms with E-state index in [1.165, 1.54) is 0 Å². The molecule has 8 heteroatoms. The summed E-state index contributed by atoms with van der Waals surface area (Å²) < 4.78 is 31.7. The maximum Gasteiger partial charge on any atom is 0.195 e. The van der Waals surface area contributed by atoms with Gasteiger partial charge in [-0.15, -0.1) is 0 Å². The number of benzene rings is 3. The fraction of sp³-hybridized carbons (Fsp3) is 0.439. The molecule has 2 N–H and O–H groups in total. The number of aliphatic hydroxyl groups is 2. The molecule has 3 aromatic rings. The summed E-state index contributed by atoms with van der Waals surface area (Å²) in [7, 11) is 0. The number of epoxide rings is 1. The van der Waals surface area contributed by atoms with Crippen molar-refractivity contribution in [1.29, 1.82) is 0 Å². The van der Waals surface area contributed by atoms with E-state index < -0.39 is 30.2 Å². The van der Waals surface area contributed by atoms with Crippen LogP contribution < -0.4 is 9.47 Å². The molecule has 262 valence electrons. The van der Waals surface area contributed by atoms with Crippen LogP contribution in [0.25, 0.3) is 6.08 Å². The summed E-state index contributed by atoms with van der Waals surface area (Å²) in [4.78, 5) is 14.9. The van der Waals surface area contributed by atoms with Gasteiger partial charge in [-0.2, -0.15) is 0 Å². The smallest absolute Gasteiger partial charge is 0.195 e. The van der Waals surface area contributed by atoms with E-state index in [2.05, 4.69) is 0 Å². The Morgan fingerprint density at radius 2 is 1.51 bits per heavy atom. The molecular weight excluding hydrogens is 620 g/mol. The fourth-order valence-electron chi connectivity index (χ4n) is 6.67. The Labute approximate surface area is 290 Å². The lowest BCUT2D eigenvalue weighted by Crippen LogP contribution is -2.53. The van der Waals surface area contributed by atoms with Crippen LogP contribution in [0, 0.1) is 0 Å². The lowest BCUT2D eigenvalue weighted by Gasteiger charge is -2.43. The van der Waals surface area contributed by atoms with E-state index in [1.54, 1.807) is 6.07 Å². The third kappa shape index (κ3) is 8.34. The van der Waals surface area contributed by atoms with Gasteiger partial charge in [0.05, 0.1) is 42.7 Å². The van der Waals surface area contributed by atoms with Crippen molar-refractivity contribution in [2.24, 2.45) is 0 Å². The Hall–Kier alpha value is -3.79. The SMILES string of the molecule is CC/C=C(\C(=O)c1cc(C=C(C)C)c(OCc2ccccc2)c(CO)c1OCc1ccccc1)[C@H]1C[C@H]([C@]2(CO)O[C@@H]2CC)OC(C)(C)O1. The average molecular weight is 671 g/mol. The molecule has 0 spiro atoms.